The van der Waals surface area contributed by atoms with Gasteiger partial charge in [-0.15, -0.1) is 22.7 Å². The van der Waals surface area contributed by atoms with Crippen LogP contribution in [0.25, 0.3) is 0 Å². The predicted octanol–water partition coefficient (Wildman–Crippen LogP) is 2.52. The number of nitrogens with two attached hydrogens (primary N) is 2. The van der Waals surface area contributed by atoms with Crippen molar-refractivity contribution in [3.8, 4) is 0 Å². The second-order valence-corrected chi connectivity index (χ2v) is 6.89. The van der Waals surface area contributed by atoms with Crippen LogP contribution in [0, 0.1) is 13.8 Å². The molecule has 0 aliphatic rings. The maximum absolute atomic E-state index is 11.9. The minimum Gasteiger partial charge on any atom is -0.375 e. The Balaban J connectivity index is 1.81. The lowest BCUT2D eigenvalue weighted by Gasteiger charge is -2.00. The highest BCUT2D eigenvalue weighted by molar-refractivity contribution is 7.15. The number of carbonyl (C=O) groups excluding carboxylic acids is 1. The first-order chi connectivity index (χ1) is 9.45. The highest BCUT2D eigenvalue weighted by Gasteiger charge is 2.11. The quantitative estimate of drug-likeness (QED) is 0.855. The fraction of sp³-hybridized carbons (Fsp3) is 0.462. The van der Waals surface area contributed by atoms with Crippen LogP contribution in [0.1, 0.15) is 34.0 Å². The minimum atomic E-state index is 0.253. The van der Waals surface area contributed by atoms with Gasteiger partial charge in [0.2, 0.25) is 0 Å². The number of hydrogen-bond donors (Lipinski definition) is 2. The Kier molecular flexibility index (Phi) is 4.72. The summed E-state index contributed by atoms with van der Waals surface area (Å²) in [7, 11) is 0. The molecule has 0 atom stereocenters. The number of nitrogens with zero attached hydrogens (tertiary/aromatic N) is 2. The average molecular weight is 310 g/mol. The van der Waals surface area contributed by atoms with Crippen LogP contribution in [0.4, 0.5) is 10.3 Å². The molecule has 2 aromatic rings. The largest absolute Gasteiger partial charge is 0.375 e. The van der Waals surface area contributed by atoms with Crippen LogP contribution in [-0.4, -0.2) is 15.8 Å². The lowest BCUT2D eigenvalue weighted by Crippen LogP contribution is -2.02. The zero-order valence-corrected chi connectivity index (χ0v) is 13.2. The first kappa shape index (κ1) is 14.9. The highest BCUT2D eigenvalue weighted by Crippen LogP contribution is 2.23. The molecule has 7 heteroatoms. The fourth-order valence-electron chi connectivity index (χ4n) is 2.00. The van der Waals surface area contributed by atoms with Crippen LogP contribution in [-0.2, 0) is 17.6 Å². The summed E-state index contributed by atoms with van der Waals surface area (Å²) in [5, 5.41) is 1.14. The van der Waals surface area contributed by atoms with Crippen molar-refractivity contribution < 1.29 is 4.79 Å². The van der Waals surface area contributed by atoms with E-state index >= 15 is 0 Å². The van der Waals surface area contributed by atoms with Gasteiger partial charge in [-0.1, -0.05) is 0 Å². The van der Waals surface area contributed by atoms with Crippen molar-refractivity contribution in [2.45, 2.75) is 39.5 Å². The molecule has 2 aromatic heterocycles. The number of nitrogen functional groups attached to an aromatic ring is 2. The third-order valence-corrected chi connectivity index (χ3v) is 5.17. The van der Waals surface area contributed by atoms with Crippen LogP contribution >= 0.6 is 22.7 Å². The zero-order chi connectivity index (χ0) is 14.7. The predicted molar refractivity (Wildman–Crippen MR) is 84.2 cm³/mol. The number of ketones is 1. The lowest BCUT2D eigenvalue weighted by molar-refractivity contribution is -0.119. The third kappa shape index (κ3) is 3.77. The van der Waals surface area contributed by atoms with E-state index in [-0.39, 0.29) is 5.78 Å². The van der Waals surface area contributed by atoms with Crippen molar-refractivity contribution in [2.24, 2.45) is 0 Å². The summed E-state index contributed by atoms with van der Waals surface area (Å²) >= 11 is 2.93. The molecule has 5 nitrogen and oxygen atoms in total. The molecule has 0 unspecified atom stereocenters. The molecule has 0 radical (unpaired) electrons. The van der Waals surface area contributed by atoms with E-state index < -0.39 is 0 Å². The molecule has 4 N–H and O–H groups in total. The molecule has 0 amide bonds. The molecule has 108 valence electrons. The highest BCUT2D eigenvalue weighted by atomic mass is 32.1. The van der Waals surface area contributed by atoms with Crippen LogP contribution in [0.2, 0.25) is 0 Å². The number of anilines is 2. The van der Waals surface area contributed by atoms with Crippen molar-refractivity contribution in [1.29, 1.82) is 0 Å². The van der Waals surface area contributed by atoms with E-state index in [1.165, 1.54) is 22.7 Å². The second-order valence-electron chi connectivity index (χ2n) is 4.66. The SMILES string of the molecule is Cc1nc(N)sc1CCC(=O)CCc1sc(N)nc1C. The number of hydrogen-bond acceptors (Lipinski definition) is 7. The molecule has 0 aliphatic heterocycles. The monoisotopic (exact) mass is 310 g/mol. The Morgan fingerprint density at radius 1 is 0.950 bits per heavy atom. The van der Waals surface area contributed by atoms with Gasteiger partial charge in [-0.05, 0) is 26.7 Å². The summed E-state index contributed by atoms with van der Waals surface area (Å²) in [6.45, 7) is 3.85. The summed E-state index contributed by atoms with van der Waals surface area (Å²) in [6.07, 6.45) is 2.53. The van der Waals surface area contributed by atoms with Crippen LogP contribution in [0.5, 0.6) is 0 Å². The minimum absolute atomic E-state index is 0.253. The molecule has 0 aliphatic carbocycles. The maximum atomic E-state index is 11.9. The fourth-order valence-corrected chi connectivity index (χ4v) is 3.66. The molecule has 2 heterocycles. The Morgan fingerprint density at radius 2 is 1.35 bits per heavy atom. The van der Waals surface area contributed by atoms with E-state index in [1.807, 2.05) is 13.8 Å². The molecule has 20 heavy (non-hydrogen) atoms. The van der Waals surface area contributed by atoms with Crippen LogP contribution < -0.4 is 11.5 Å². The zero-order valence-electron chi connectivity index (χ0n) is 11.6. The third-order valence-electron chi connectivity index (χ3n) is 3.08. The first-order valence-electron chi connectivity index (χ1n) is 6.41. The van der Waals surface area contributed by atoms with Gasteiger partial charge in [0.15, 0.2) is 10.3 Å². The molecular formula is C13H18N4OS2. The van der Waals surface area contributed by atoms with Crippen LogP contribution in [0.3, 0.4) is 0 Å². The smallest absolute Gasteiger partial charge is 0.180 e. The molecule has 2 rings (SSSR count). The standard InChI is InChI=1S/C13H18N4OS2/c1-7-10(19-12(14)16-7)5-3-9(18)4-6-11-8(2)17-13(15)20-11/h3-6H2,1-2H3,(H2,14,16)(H2,15,17). The summed E-state index contributed by atoms with van der Waals surface area (Å²) in [6, 6.07) is 0. The molecule has 0 aromatic carbocycles. The lowest BCUT2D eigenvalue weighted by atomic mass is 10.1. The van der Waals surface area contributed by atoms with Crippen LogP contribution in [0.15, 0.2) is 0 Å². The van der Waals surface area contributed by atoms with Gasteiger partial charge >= 0.3 is 0 Å². The van der Waals surface area contributed by atoms with Gasteiger partial charge in [0.05, 0.1) is 11.4 Å². The Morgan fingerprint density at radius 3 is 1.65 bits per heavy atom. The van der Waals surface area contributed by atoms with Gasteiger partial charge in [-0.2, -0.15) is 0 Å². The Labute approximate surface area is 126 Å². The normalized spacial score (nSPS) is 10.9. The van der Waals surface area contributed by atoms with E-state index in [1.54, 1.807) is 0 Å². The molecule has 0 saturated carbocycles. The number of thiazole rings is 2. The van der Waals surface area contributed by atoms with Gasteiger partial charge in [0.1, 0.15) is 5.78 Å². The van der Waals surface area contributed by atoms with E-state index in [9.17, 15) is 4.79 Å². The van der Waals surface area contributed by atoms with Crippen molar-refractivity contribution >= 4 is 38.7 Å². The summed E-state index contributed by atoms with van der Waals surface area (Å²) < 4.78 is 0. The molecule has 0 spiro atoms. The number of aromatic nitrogens is 2. The number of carbonyl (C=O) groups is 1. The van der Waals surface area contributed by atoms with E-state index in [0.717, 1.165) is 34.0 Å². The van der Waals surface area contributed by atoms with Crippen molar-refractivity contribution in [1.82, 2.24) is 9.97 Å². The van der Waals surface area contributed by atoms with E-state index in [4.69, 9.17) is 11.5 Å². The van der Waals surface area contributed by atoms with Gasteiger partial charge in [-0.3, -0.25) is 4.79 Å². The number of Topliss-reactive ketones (excluding diaryl/α,β-unsaturated/α-hetero) is 1. The molecule has 0 fully saturated rings. The van der Waals surface area contributed by atoms with Gasteiger partial charge in [0, 0.05) is 22.6 Å². The topological polar surface area (TPSA) is 94.9 Å². The van der Waals surface area contributed by atoms with Gasteiger partial charge in [0.25, 0.3) is 0 Å². The van der Waals surface area contributed by atoms with Gasteiger partial charge in [-0.25, -0.2) is 9.97 Å². The number of rotatable bonds is 6. The van der Waals surface area contributed by atoms with E-state index in [0.29, 0.717) is 23.1 Å². The van der Waals surface area contributed by atoms with E-state index in [2.05, 4.69) is 9.97 Å². The second kappa shape index (κ2) is 6.32. The summed E-state index contributed by atoms with van der Waals surface area (Å²) in [5.74, 6) is 0.253. The molecule has 0 bridgehead atoms. The first-order valence-corrected chi connectivity index (χ1v) is 8.04. The van der Waals surface area contributed by atoms with Crippen molar-refractivity contribution in [3.05, 3.63) is 21.1 Å². The van der Waals surface area contributed by atoms with Gasteiger partial charge < -0.3 is 11.5 Å². The average Bonchev–Trinajstić information content (AvgIpc) is 2.86. The summed E-state index contributed by atoms with van der Waals surface area (Å²) in [5.41, 5.74) is 13.2. The summed E-state index contributed by atoms with van der Waals surface area (Å²) in [4.78, 5) is 22.5. The van der Waals surface area contributed by atoms with Crippen molar-refractivity contribution in [2.75, 3.05) is 11.5 Å². The molecular weight excluding hydrogens is 292 g/mol. The Bertz CT molecular complexity index is 566. The Hall–Kier alpha value is -1.47. The van der Waals surface area contributed by atoms with Crippen molar-refractivity contribution in [3.63, 3.8) is 0 Å². The maximum Gasteiger partial charge on any atom is 0.180 e. The number of aryl methyl sites for hydroxylation is 4. The molecule has 0 saturated heterocycles.